The van der Waals surface area contributed by atoms with Crippen LogP contribution in [-0.2, 0) is 5.41 Å². The zero-order valence-electron chi connectivity index (χ0n) is 53.6. The van der Waals surface area contributed by atoms with E-state index in [2.05, 4.69) is 401 Å². The fourth-order valence-electron chi connectivity index (χ4n) is 16.8. The van der Waals surface area contributed by atoms with Crippen LogP contribution in [0.15, 0.2) is 392 Å². The molecular weight excluding hydrogens is 1220 g/mol. The van der Waals surface area contributed by atoms with Gasteiger partial charge in [-0.05, 0) is 150 Å². The van der Waals surface area contributed by atoms with Gasteiger partial charge in [0.1, 0.15) is 0 Å². The normalized spacial score (nSPS) is 13.0. The van der Waals surface area contributed by atoms with Crippen LogP contribution < -0.4 is 51.8 Å². The molecule has 16 aromatic rings. The van der Waals surface area contributed by atoms with Crippen molar-refractivity contribution in [1.29, 1.82) is 0 Å². The van der Waals surface area contributed by atoms with Crippen LogP contribution in [0.25, 0.3) is 27.5 Å². The number of aromatic nitrogens is 1. The maximum atomic E-state index is 2.65. The number of para-hydroxylation sites is 5. The summed E-state index contributed by atoms with van der Waals surface area (Å²) in [7, 11) is -3.03. The summed E-state index contributed by atoms with van der Waals surface area (Å²) < 4.78 is 2.48. The van der Waals surface area contributed by atoms with Gasteiger partial charge in [0.2, 0.25) is 0 Å². The second-order valence-electron chi connectivity index (χ2n) is 25.8. The number of rotatable bonds is 12. The summed E-state index contributed by atoms with van der Waals surface area (Å²) in [6, 6.07) is 144. The van der Waals surface area contributed by atoms with Gasteiger partial charge in [0.25, 0.3) is 6.71 Å². The molecule has 0 saturated heterocycles. The quantitative estimate of drug-likeness (QED) is 0.0894. The molecule has 0 unspecified atom stereocenters. The predicted molar refractivity (Wildman–Crippen MR) is 416 cm³/mol. The number of nitrogens with zero attached hydrogens (tertiary/aromatic N) is 4. The Hall–Kier alpha value is -11.9. The van der Waals surface area contributed by atoms with Crippen LogP contribution >= 0.6 is 11.8 Å². The second kappa shape index (κ2) is 23.5. The third kappa shape index (κ3) is 8.86. The summed E-state index contributed by atoms with van der Waals surface area (Å²) in [4.78, 5) is 10.2. The molecule has 1 aromatic heterocycles. The molecule has 0 spiro atoms. The predicted octanol–water partition coefficient (Wildman–Crippen LogP) is 18.6. The van der Waals surface area contributed by atoms with Gasteiger partial charge in [-0.25, -0.2) is 0 Å². The van der Waals surface area contributed by atoms with Crippen LogP contribution in [0.2, 0.25) is 0 Å². The molecule has 0 fully saturated rings. The molecule has 15 aromatic carbocycles. The molecule has 98 heavy (non-hydrogen) atoms. The molecule has 4 heterocycles. The van der Waals surface area contributed by atoms with E-state index in [1.807, 2.05) is 11.8 Å². The highest BCUT2D eigenvalue weighted by Crippen LogP contribution is 2.55. The van der Waals surface area contributed by atoms with Crippen LogP contribution in [0, 0.1) is 0 Å². The van der Waals surface area contributed by atoms with Crippen molar-refractivity contribution in [3.05, 3.63) is 404 Å². The van der Waals surface area contributed by atoms with Gasteiger partial charge in [-0.2, -0.15) is 0 Å². The highest BCUT2D eigenvalue weighted by atomic mass is 32.2. The van der Waals surface area contributed by atoms with Gasteiger partial charge in [0.15, 0.2) is 8.07 Å². The largest absolute Gasteiger partial charge is 0.311 e. The van der Waals surface area contributed by atoms with Crippen molar-refractivity contribution in [2.24, 2.45) is 0 Å². The monoisotopic (exact) mass is 1280 g/mol. The van der Waals surface area contributed by atoms with Gasteiger partial charge >= 0.3 is 0 Å². The van der Waals surface area contributed by atoms with Gasteiger partial charge in [0.05, 0.1) is 33.5 Å². The molecule has 0 N–H and O–H groups in total. The van der Waals surface area contributed by atoms with Crippen LogP contribution in [0.5, 0.6) is 0 Å². The zero-order valence-corrected chi connectivity index (χ0v) is 55.5. The van der Waals surface area contributed by atoms with E-state index in [-0.39, 0.29) is 6.71 Å². The Bertz CT molecular complexity index is 5460. The maximum Gasteiger partial charge on any atom is 0.252 e. The van der Waals surface area contributed by atoms with E-state index in [0.717, 1.165) is 68.0 Å². The molecule has 3 aliphatic rings. The van der Waals surface area contributed by atoms with E-state index >= 15 is 0 Å². The van der Waals surface area contributed by atoms with E-state index in [9.17, 15) is 0 Å². The van der Waals surface area contributed by atoms with Crippen molar-refractivity contribution in [3.8, 4) is 5.69 Å². The topological polar surface area (TPSA) is 14.7 Å². The Morgan fingerprint density at radius 2 is 0.673 bits per heavy atom. The molecule has 4 nitrogen and oxygen atoms in total. The Morgan fingerprint density at radius 1 is 0.255 bits per heavy atom. The first kappa shape index (κ1) is 57.6. The molecule has 0 bridgehead atoms. The minimum atomic E-state index is -3.03. The summed E-state index contributed by atoms with van der Waals surface area (Å²) in [5.41, 5.74) is 21.2. The van der Waals surface area contributed by atoms with Crippen molar-refractivity contribution < 1.29 is 0 Å². The molecule has 0 amide bonds. The van der Waals surface area contributed by atoms with Gasteiger partial charge in [-0.15, -0.1) is 0 Å². The fourth-order valence-corrected chi connectivity index (χ4v) is 22.6. The van der Waals surface area contributed by atoms with Gasteiger partial charge in [0, 0.05) is 60.4 Å². The Labute approximate surface area is 577 Å². The molecule has 3 aliphatic heterocycles. The van der Waals surface area contributed by atoms with Crippen molar-refractivity contribution >= 4 is 137 Å². The lowest BCUT2D eigenvalue weighted by molar-refractivity contribution is 0.745. The maximum absolute atomic E-state index is 3.03. The molecule has 0 atom stereocenters. The first-order valence-electron chi connectivity index (χ1n) is 33.8. The lowest BCUT2D eigenvalue weighted by Crippen LogP contribution is -2.74. The lowest BCUT2D eigenvalue weighted by Gasteiger charge is -2.45. The van der Waals surface area contributed by atoms with Gasteiger partial charge in [-0.1, -0.05) is 303 Å². The smallest absolute Gasteiger partial charge is 0.252 e. The van der Waals surface area contributed by atoms with Crippen molar-refractivity contribution in [1.82, 2.24) is 4.57 Å². The second-order valence-corrected chi connectivity index (χ2v) is 30.7. The third-order valence-electron chi connectivity index (χ3n) is 20.8. The van der Waals surface area contributed by atoms with E-state index in [4.69, 9.17) is 0 Å². The summed E-state index contributed by atoms with van der Waals surface area (Å²) in [5.74, 6) is 0. The van der Waals surface area contributed by atoms with E-state index in [1.165, 1.54) is 79.9 Å². The highest BCUT2D eigenvalue weighted by molar-refractivity contribution is 7.99. The van der Waals surface area contributed by atoms with E-state index in [0.29, 0.717) is 0 Å². The number of hydrogen-bond acceptors (Lipinski definition) is 4. The van der Waals surface area contributed by atoms with Gasteiger partial charge in [-0.3, -0.25) is 0 Å². The van der Waals surface area contributed by atoms with E-state index in [1.54, 1.807) is 0 Å². The first-order valence-corrected chi connectivity index (χ1v) is 36.7. The third-order valence-corrected chi connectivity index (χ3v) is 26.7. The van der Waals surface area contributed by atoms with Crippen LogP contribution in [0.4, 0.5) is 51.2 Å². The number of benzene rings is 15. The zero-order chi connectivity index (χ0) is 64.7. The fraction of sp³-hybridized carbons (Fsp3) is 0.0110. The Morgan fingerprint density at radius 3 is 1.24 bits per heavy atom. The number of anilines is 9. The van der Waals surface area contributed by atoms with E-state index < -0.39 is 13.5 Å². The average Bonchev–Trinajstić information content (AvgIpc) is 0.965. The number of hydrogen-bond donors (Lipinski definition) is 0. The minimum Gasteiger partial charge on any atom is -0.311 e. The van der Waals surface area contributed by atoms with Crippen LogP contribution in [-0.4, -0.2) is 19.4 Å². The summed E-state index contributed by atoms with van der Waals surface area (Å²) in [5, 5.41) is 7.73. The molecular formula is C91H63BN4SSi. The van der Waals surface area contributed by atoms with Crippen LogP contribution in [0.3, 0.4) is 0 Å². The highest BCUT2D eigenvalue weighted by Gasteiger charge is 2.47. The summed E-state index contributed by atoms with van der Waals surface area (Å²) >= 11 is 1.85. The molecule has 0 aliphatic carbocycles. The van der Waals surface area contributed by atoms with Crippen molar-refractivity contribution in [3.63, 3.8) is 0 Å². The molecule has 7 heteroatoms. The minimum absolute atomic E-state index is 0.192. The van der Waals surface area contributed by atoms with Crippen molar-refractivity contribution in [2.75, 3.05) is 14.7 Å². The Balaban J connectivity index is 0.949. The molecule has 19 rings (SSSR count). The molecule has 0 radical (unpaired) electrons. The van der Waals surface area contributed by atoms with Crippen LogP contribution in [0.1, 0.15) is 22.3 Å². The van der Waals surface area contributed by atoms with Crippen molar-refractivity contribution in [2.45, 2.75) is 15.2 Å². The standard InChI is InChI=1S/C91H63BN4SSi/c1-8-32-64(33-9-1)91(65-34-10-2-11-35-65,66-36-12-3-13-37-66)67-38-30-41-69(58-67)95-85-63-84-77(76-50-22-24-52-80(76)93(84)68-39-14-4-15-40-68)62-79(85)92-78-51-23-25-53-81(78)94(86-60-71(61-87(95)90(86)92)96-82-54-26-28-56-88(82)97-89-57-29-27-55-83(89)96)70-42-31-49-75(59-70)98(72-43-16-5-17-44-72,73-45-18-6-19-46-73)74-47-20-7-21-48-74/h1-63H. The van der Waals surface area contributed by atoms with Gasteiger partial charge < -0.3 is 19.3 Å². The lowest BCUT2D eigenvalue weighted by atomic mass is 9.33. The SMILES string of the molecule is c1ccc(-n2c3ccccc3c3cc4c(cc32)N(c2cccc(C(c3ccccc3)(c3ccccc3)c3ccccc3)c2)c2cc(N3c5ccccc5Sc5ccccc53)cc3c2B4c2ccccc2N3c2cccc([Si](c3ccccc3)(c3ccccc3)c3ccccc3)c2)cc1. The molecule has 0 saturated carbocycles. The summed E-state index contributed by atoms with van der Waals surface area (Å²) in [6.07, 6.45) is 0. The summed E-state index contributed by atoms with van der Waals surface area (Å²) in [6.45, 7) is -0.192. The first-order chi connectivity index (χ1) is 48.6. The molecule has 460 valence electrons. The average molecular weight is 1280 g/mol. The Kier molecular flexibility index (Phi) is 13.8. The number of fused-ring (bicyclic) bond motifs is 9.